The number of ether oxygens (including phenoxy) is 1. The van der Waals surface area contributed by atoms with E-state index >= 15 is 0 Å². The first-order valence-corrected chi connectivity index (χ1v) is 5.88. The molecule has 1 heterocycles. The third-order valence-electron chi connectivity index (χ3n) is 2.95. The van der Waals surface area contributed by atoms with Crippen molar-refractivity contribution in [3.05, 3.63) is 29.3 Å². The van der Waals surface area contributed by atoms with Crippen molar-refractivity contribution < 1.29 is 14.6 Å². The highest BCUT2D eigenvalue weighted by molar-refractivity contribution is 5.69. The summed E-state index contributed by atoms with van der Waals surface area (Å²) in [7, 11) is 0. The van der Waals surface area contributed by atoms with Gasteiger partial charge in [0.05, 0.1) is 6.54 Å². The summed E-state index contributed by atoms with van der Waals surface area (Å²) in [5.41, 5.74) is 2.34. The van der Waals surface area contributed by atoms with Crippen molar-refractivity contribution in [3.8, 4) is 5.75 Å². The van der Waals surface area contributed by atoms with E-state index in [0.717, 1.165) is 17.7 Å². The molecule has 4 heteroatoms. The van der Waals surface area contributed by atoms with E-state index in [0.29, 0.717) is 19.7 Å². The molecule has 0 unspecified atom stereocenters. The number of carboxylic acids is 1. The standard InChI is InChI=1S/C13H17NO3/c1-2-10-3-4-12-11(7-10)8-14(5-6-17-12)9-13(15)16/h3-4,7H,2,5-6,8-9H2,1H3,(H,15,16). The number of carboxylic acid groups (broad SMARTS) is 1. The summed E-state index contributed by atoms with van der Waals surface area (Å²) in [6.45, 7) is 4.02. The van der Waals surface area contributed by atoms with Crippen LogP contribution in [-0.4, -0.2) is 35.7 Å². The lowest BCUT2D eigenvalue weighted by Crippen LogP contribution is -2.31. The third kappa shape index (κ3) is 2.97. The largest absolute Gasteiger partial charge is 0.492 e. The van der Waals surface area contributed by atoms with Gasteiger partial charge in [-0.15, -0.1) is 0 Å². The average Bonchev–Trinajstić information content (AvgIpc) is 2.48. The van der Waals surface area contributed by atoms with Crippen LogP contribution in [-0.2, 0) is 17.8 Å². The van der Waals surface area contributed by atoms with Crippen LogP contribution < -0.4 is 4.74 Å². The van der Waals surface area contributed by atoms with Crippen LogP contribution in [0.2, 0.25) is 0 Å². The topological polar surface area (TPSA) is 49.8 Å². The minimum atomic E-state index is -0.792. The first-order chi connectivity index (χ1) is 8.19. The van der Waals surface area contributed by atoms with Gasteiger partial charge in [0.2, 0.25) is 0 Å². The first-order valence-electron chi connectivity index (χ1n) is 5.88. The van der Waals surface area contributed by atoms with Crippen molar-refractivity contribution >= 4 is 5.97 Å². The molecule has 1 aromatic carbocycles. The first kappa shape index (κ1) is 11.9. The number of nitrogens with zero attached hydrogens (tertiary/aromatic N) is 1. The molecule has 0 bridgehead atoms. The highest BCUT2D eigenvalue weighted by Crippen LogP contribution is 2.24. The molecule has 0 atom stereocenters. The Labute approximate surface area is 101 Å². The number of benzene rings is 1. The molecule has 1 N–H and O–H groups in total. The minimum absolute atomic E-state index is 0.0686. The number of rotatable bonds is 3. The molecule has 0 radical (unpaired) electrons. The molecular formula is C13H17NO3. The zero-order chi connectivity index (χ0) is 12.3. The Morgan fingerprint density at radius 2 is 2.35 bits per heavy atom. The van der Waals surface area contributed by atoms with Crippen LogP contribution in [0.3, 0.4) is 0 Å². The van der Waals surface area contributed by atoms with Gasteiger partial charge in [-0.25, -0.2) is 0 Å². The number of aliphatic carboxylic acids is 1. The molecule has 0 saturated carbocycles. The fourth-order valence-corrected chi connectivity index (χ4v) is 2.05. The molecule has 1 aliphatic rings. The van der Waals surface area contributed by atoms with Gasteiger partial charge in [0.15, 0.2) is 0 Å². The van der Waals surface area contributed by atoms with Gasteiger partial charge in [-0.2, -0.15) is 0 Å². The molecule has 2 rings (SSSR count). The van der Waals surface area contributed by atoms with Crippen LogP contribution in [0.15, 0.2) is 18.2 Å². The van der Waals surface area contributed by atoms with Gasteiger partial charge in [-0.3, -0.25) is 9.69 Å². The van der Waals surface area contributed by atoms with E-state index in [4.69, 9.17) is 9.84 Å². The summed E-state index contributed by atoms with van der Waals surface area (Å²) in [6.07, 6.45) is 0.978. The zero-order valence-electron chi connectivity index (χ0n) is 9.98. The molecule has 1 aromatic rings. The summed E-state index contributed by atoms with van der Waals surface area (Å²) in [4.78, 5) is 12.6. The van der Waals surface area contributed by atoms with E-state index in [1.165, 1.54) is 5.56 Å². The average molecular weight is 235 g/mol. The highest BCUT2D eigenvalue weighted by atomic mass is 16.5. The number of aryl methyl sites for hydroxylation is 1. The van der Waals surface area contributed by atoms with Gasteiger partial charge in [0.25, 0.3) is 0 Å². The summed E-state index contributed by atoms with van der Waals surface area (Å²) < 4.78 is 5.63. The van der Waals surface area contributed by atoms with Crippen molar-refractivity contribution in [2.45, 2.75) is 19.9 Å². The summed E-state index contributed by atoms with van der Waals surface area (Å²) in [5.74, 6) is 0.0928. The molecular weight excluding hydrogens is 218 g/mol. The fraction of sp³-hybridized carbons (Fsp3) is 0.462. The lowest BCUT2D eigenvalue weighted by atomic mass is 10.1. The smallest absolute Gasteiger partial charge is 0.317 e. The third-order valence-corrected chi connectivity index (χ3v) is 2.95. The minimum Gasteiger partial charge on any atom is -0.492 e. The maximum atomic E-state index is 10.7. The Balaban J connectivity index is 2.19. The van der Waals surface area contributed by atoms with Crippen LogP contribution >= 0.6 is 0 Å². The van der Waals surface area contributed by atoms with Gasteiger partial charge in [-0.05, 0) is 18.1 Å². The molecule has 0 fully saturated rings. The zero-order valence-corrected chi connectivity index (χ0v) is 9.98. The molecule has 0 aromatic heterocycles. The molecule has 1 aliphatic heterocycles. The molecule has 92 valence electrons. The molecule has 17 heavy (non-hydrogen) atoms. The summed E-state index contributed by atoms with van der Waals surface area (Å²) >= 11 is 0. The van der Waals surface area contributed by atoms with Gasteiger partial charge in [0, 0.05) is 18.7 Å². The van der Waals surface area contributed by atoms with Crippen LogP contribution in [0.25, 0.3) is 0 Å². The van der Waals surface area contributed by atoms with E-state index in [1.807, 2.05) is 11.0 Å². The maximum Gasteiger partial charge on any atom is 0.317 e. The molecule has 0 saturated heterocycles. The Bertz CT molecular complexity index is 417. The van der Waals surface area contributed by atoms with Crippen LogP contribution in [0.4, 0.5) is 0 Å². The van der Waals surface area contributed by atoms with Crippen molar-refractivity contribution in [3.63, 3.8) is 0 Å². The predicted octanol–water partition coefficient (Wildman–Crippen LogP) is 1.53. The predicted molar refractivity (Wildman–Crippen MR) is 64.2 cm³/mol. The Morgan fingerprint density at radius 1 is 1.53 bits per heavy atom. The quantitative estimate of drug-likeness (QED) is 0.863. The number of fused-ring (bicyclic) bond motifs is 1. The van der Waals surface area contributed by atoms with E-state index in [9.17, 15) is 4.79 Å². The molecule has 0 spiro atoms. The van der Waals surface area contributed by atoms with Crippen molar-refractivity contribution in [2.24, 2.45) is 0 Å². The maximum absolute atomic E-state index is 10.7. The summed E-state index contributed by atoms with van der Waals surface area (Å²) in [6, 6.07) is 6.15. The second kappa shape index (κ2) is 5.19. The van der Waals surface area contributed by atoms with E-state index < -0.39 is 5.97 Å². The second-order valence-corrected chi connectivity index (χ2v) is 4.25. The van der Waals surface area contributed by atoms with E-state index in [2.05, 4.69) is 19.1 Å². The Kier molecular flexibility index (Phi) is 3.64. The van der Waals surface area contributed by atoms with Crippen molar-refractivity contribution in [2.75, 3.05) is 19.7 Å². The number of hydrogen-bond acceptors (Lipinski definition) is 3. The van der Waals surface area contributed by atoms with Crippen molar-refractivity contribution in [1.82, 2.24) is 4.90 Å². The van der Waals surface area contributed by atoms with Gasteiger partial charge < -0.3 is 9.84 Å². The fourth-order valence-electron chi connectivity index (χ4n) is 2.05. The van der Waals surface area contributed by atoms with Crippen LogP contribution in [0.1, 0.15) is 18.1 Å². The molecule has 0 aliphatic carbocycles. The van der Waals surface area contributed by atoms with E-state index in [-0.39, 0.29) is 6.54 Å². The van der Waals surface area contributed by atoms with E-state index in [1.54, 1.807) is 0 Å². The van der Waals surface area contributed by atoms with Gasteiger partial charge in [-0.1, -0.05) is 19.1 Å². The number of carbonyl (C=O) groups is 1. The molecule has 0 amide bonds. The number of hydrogen-bond donors (Lipinski definition) is 1. The lowest BCUT2D eigenvalue weighted by molar-refractivity contribution is -0.138. The van der Waals surface area contributed by atoms with Crippen molar-refractivity contribution in [1.29, 1.82) is 0 Å². The second-order valence-electron chi connectivity index (χ2n) is 4.25. The van der Waals surface area contributed by atoms with Crippen LogP contribution in [0, 0.1) is 0 Å². The monoisotopic (exact) mass is 235 g/mol. The Hall–Kier alpha value is -1.55. The Morgan fingerprint density at radius 3 is 3.06 bits per heavy atom. The lowest BCUT2D eigenvalue weighted by Gasteiger charge is -2.16. The van der Waals surface area contributed by atoms with Gasteiger partial charge >= 0.3 is 5.97 Å². The molecule has 4 nitrogen and oxygen atoms in total. The SMILES string of the molecule is CCc1ccc2c(c1)CN(CC(=O)O)CCO2. The van der Waals surface area contributed by atoms with Gasteiger partial charge in [0.1, 0.15) is 12.4 Å². The highest BCUT2D eigenvalue weighted by Gasteiger charge is 2.17. The normalized spacial score (nSPS) is 15.8. The van der Waals surface area contributed by atoms with Crippen LogP contribution in [0.5, 0.6) is 5.75 Å². The summed E-state index contributed by atoms with van der Waals surface area (Å²) in [5, 5.41) is 8.82.